The molecule has 0 fully saturated rings. The Balaban J connectivity index is 3.01. The van der Waals surface area contributed by atoms with Gasteiger partial charge in [-0.1, -0.05) is 29.8 Å². The molecule has 0 radical (unpaired) electrons. The summed E-state index contributed by atoms with van der Waals surface area (Å²) in [5.74, 6) is 0.0641. The van der Waals surface area contributed by atoms with Crippen LogP contribution in [-0.2, 0) is 0 Å². The third kappa shape index (κ3) is 2.78. The molecule has 0 aliphatic carbocycles. The molecule has 0 amide bonds. The highest BCUT2D eigenvalue weighted by Gasteiger charge is 2.11. The summed E-state index contributed by atoms with van der Waals surface area (Å²) in [7, 11) is 0. The van der Waals surface area contributed by atoms with Gasteiger partial charge in [-0.2, -0.15) is 0 Å². The lowest BCUT2D eigenvalue weighted by molar-refractivity contribution is 0.509. The van der Waals surface area contributed by atoms with Gasteiger partial charge in [0.2, 0.25) is 0 Å². The Morgan fingerprint density at radius 2 is 1.92 bits per heavy atom. The van der Waals surface area contributed by atoms with Crippen molar-refractivity contribution in [3.8, 4) is 0 Å². The zero-order valence-electron chi connectivity index (χ0n) is 7.72. The number of halogens is 2. The van der Waals surface area contributed by atoms with E-state index in [0.29, 0.717) is 5.92 Å². The van der Waals surface area contributed by atoms with E-state index >= 15 is 0 Å². The first-order valence-corrected chi connectivity index (χ1v) is 5.01. The van der Waals surface area contributed by atoms with E-state index in [1.807, 2.05) is 19.9 Å². The van der Waals surface area contributed by atoms with E-state index in [1.165, 1.54) is 12.1 Å². The molecule has 0 bridgehead atoms. The Bertz CT molecular complexity index is 279. The fourth-order valence-corrected chi connectivity index (χ4v) is 1.64. The van der Waals surface area contributed by atoms with Crippen LogP contribution in [0.25, 0.3) is 0 Å². The molecule has 1 nitrogen and oxygen atoms in total. The highest BCUT2D eigenvalue weighted by molar-refractivity contribution is 9.10. The van der Waals surface area contributed by atoms with Crippen LogP contribution in [0.5, 0.6) is 0 Å². The zero-order chi connectivity index (χ0) is 10.0. The maximum atomic E-state index is 13.0. The van der Waals surface area contributed by atoms with Crippen LogP contribution < -0.4 is 5.73 Å². The molecule has 1 unspecified atom stereocenters. The fourth-order valence-electron chi connectivity index (χ4n) is 1.15. The van der Waals surface area contributed by atoms with Gasteiger partial charge in [0.05, 0.1) is 0 Å². The number of benzene rings is 1. The van der Waals surface area contributed by atoms with E-state index in [4.69, 9.17) is 5.73 Å². The zero-order valence-corrected chi connectivity index (χ0v) is 9.31. The summed E-state index contributed by atoms with van der Waals surface area (Å²) in [4.78, 5) is 0. The highest BCUT2D eigenvalue weighted by atomic mass is 79.9. The third-order valence-electron chi connectivity index (χ3n) is 1.99. The van der Waals surface area contributed by atoms with E-state index in [9.17, 15) is 4.39 Å². The Kier molecular flexibility index (Phi) is 3.45. The second-order valence-corrected chi connectivity index (χ2v) is 4.39. The number of hydrogen-bond acceptors (Lipinski definition) is 1. The minimum absolute atomic E-state index is 0.105. The molecule has 0 heterocycles. The molecule has 1 rings (SSSR count). The maximum absolute atomic E-state index is 13.0. The standard InChI is InChI=1S/C10H13BrFN/c1-6(2)10(13)7-3-8(11)5-9(12)4-7/h3-6,10H,13H2,1-2H3. The summed E-state index contributed by atoms with van der Waals surface area (Å²) in [6.07, 6.45) is 0. The lowest BCUT2D eigenvalue weighted by Gasteiger charge is -2.16. The minimum Gasteiger partial charge on any atom is -0.324 e. The van der Waals surface area contributed by atoms with Crippen LogP contribution >= 0.6 is 15.9 Å². The van der Waals surface area contributed by atoms with E-state index < -0.39 is 0 Å². The maximum Gasteiger partial charge on any atom is 0.124 e. The van der Waals surface area contributed by atoms with Crippen LogP contribution in [0, 0.1) is 11.7 Å². The average molecular weight is 246 g/mol. The van der Waals surface area contributed by atoms with Crippen LogP contribution in [-0.4, -0.2) is 0 Å². The van der Waals surface area contributed by atoms with Crippen molar-refractivity contribution in [1.29, 1.82) is 0 Å². The Labute approximate surface area is 86.3 Å². The molecule has 0 aromatic heterocycles. The topological polar surface area (TPSA) is 26.0 Å². The van der Waals surface area contributed by atoms with Gasteiger partial charge in [0.25, 0.3) is 0 Å². The first-order chi connectivity index (χ1) is 6.00. The van der Waals surface area contributed by atoms with Crippen molar-refractivity contribution in [3.63, 3.8) is 0 Å². The van der Waals surface area contributed by atoms with Crippen molar-refractivity contribution in [2.24, 2.45) is 11.7 Å². The van der Waals surface area contributed by atoms with Gasteiger partial charge in [0.1, 0.15) is 5.82 Å². The second kappa shape index (κ2) is 4.20. The lowest BCUT2D eigenvalue weighted by atomic mass is 9.97. The quantitative estimate of drug-likeness (QED) is 0.851. The number of hydrogen-bond donors (Lipinski definition) is 1. The van der Waals surface area contributed by atoms with E-state index in [0.717, 1.165) is 10.0 Å². The molecule has 2 N–H and O–H groups in total. The summed E-state index contributed by atoms with van der Waals surface area (Å²) >= 11 is 3.23. The van der Waals surface area contributed by atoms with Crippen molar-refractivity contribution < 1.29 is 4.39 Å². The Hall–Kier alpha value is -0.410. The SMILES string of the molecule is CC(C)C(N)c1cc(F)cc(Br)c1. The van der Waals surface area contributed by atoms with Gasteiger partial charge >= 0.3 is 0 Å². The molecule has 72 valence electrons. The van der Waals surface area contributed by atoms with Gasteiger partial charge in [-0.15, -0.1) is 0 Å². The minimum atomic E-state index is -0.250. The summed E-state index contributed by atoms with van der Waals surface area (Å²) in [5, 5.41) is 0. The molecular formula is C10H13BrFN. The van der Waals surface area contributed by atoms with E-state index in [2.05, 4.69) is 15.9 Å². The van der Waals surface area contributed by atoms with Gasteiger partial charge in [0.15, 0.2) is 0 Å². The monoisotopic (exact) mass is 245 g/mol. The highest BCUT2D eigenvalue weighted by Crippen LogP contribution is 2.23. The van der Waals surface area contributed by atoms with E-state index in [1.54, 1.807) is 0 Å². The van der Waals surface area contributed by atoms with Crippen LogP contribution in [0.15, 0.2) is 22.7 Å². The largest absolute Gasteiger partial charge is 0.324 e. The molecule has 0 saturated heterocycles. The third-order valence-corrected chi connectivity index (χ3v) is 2.45. The van der Waals surface area contributed by atoms with Crippen molar-refractivity contribution in [3.05, 3.63) is 34.1 Å². The summed E-state index contributed by atoms with van der Waals surface area (Å²) in [6, 6.07) is 4.66. The smallest absolute Gasteiger partial charge is 0.124 e. The molecule has 0 spiro atoms. The van der Waals surface area contributed by atoms with Gasteiger partial charge in [-0.05, 0) is 29.7 Å². The summed E-state index contributed by atoms with van der Waals surface area (Å²) in [5.41, 5.74) is 6.72. The van der Waals surface area contributed by atoms with Crippen molar-refractivity contribution in [1.82, 2.24) is 0 Å². The van der Waals surface area contributed by atoms with Crippen molar-refractivity contribution >= 4 is 15.9 Å². The first-order valence-electron chi connectivity index (χ1n) is 4.22. The molecule has 0 aliphatic rings. The number of rotatable bonds is 2. The predicted molar refractivity (Wildman–Crippen MR) is 55.9 cm³/mol. The first kappa shape index (κ1) is 10.7. The molecule has 1 atom stereocenters. The molecule has 0 aliphatic heterocycles. The van der Waals surface area contributed by atoms with Crippen LogP contribution in [0.3, 0.4) is 0 Å². The van der Waals surface area contributed by atoms with Crippen molar-refractivity contribution in [2.75, 3.05) is 0 Å². The molecule has 0 saturated carbocycles. The van der Waals surface area contributed by atoms with Gasteiger partial charge in [-0.3, -0.25) is 0 Å². The molecule has 1 aromatic carbocycles. The predicted octanol–water partition coefficient (Wildman–Crippen LogP) is 3.24. The van der Waals surface area contributed by atoms with Gasteiger partial charge in [-0.25, -0.2) is 4.39 Å². The molecule has 1 aromatic rings. The number of nitrogens with two attached hydrogens (primary N) is 1. The summed E-state index contributed by atoms with van der Waals surface area (Å²) < 4.78 is 13.7. The van der Waals surface area contributed by atoms with Crippen molar-refractivity contribution in [2.45, 2.75) is 19.9 Å². The van der Waals surface area contributed by atoms with Crippen LogP contribution in [0.1, 0.15) is 25.5 Å². The molecular weight excluding hydrogens is 233 g/mol. The normalized spacial score (nSPS) is 13.4. The van der Waals surface area contributed by atoms with Crippen LogP contribution in [0.2, 0.25) is 0 Å². The molecule has 3 heteroatoms. The molecule has 13 heavy (non-hydrogen) atoms. The van der Waals surface area contributed by atoms with E-state index in [-0.39, 0.29) is 11.9 Å². The Morgan fingerprint density at radius 3 is 2.38 bits per heavy atom. The second-order valence-electron chi connectivity index (χ2n) is 3.47. The fraction of sp³-hybridized carbons (Fsp3) is 0.400. The summed E-state index contributed by atoms with van der Waals surface area (Å²) in [6.45, 7) is 4.03. The Morgan fingerprint density at radius 1 is 1.31 bits per heavy atom. The lowest BCUT2D eigenvalue weighted by Crippen LogP contribution is -2.16. The van der Waals surface area contributed by atoms with Gasteiger partial charge < -0.3 is 5.73 Å². The van der Waals surface area contributed by atoms with Gasteiger partial charge in [0, 0.05) is 10.5 Å². The average Bonchev–Trinajstić information content (AvgIpc) is 2.01. The van der Waals surface area contributed by atoms with Crippen LogP contribution in [0.4, 0.5) is 4.39 Å².